The molecule has 144 valence electrons. The van der Waals surface area contributed by atoms with E-state index in [-0.39, 0.29) is 25.2 Å². The van der Waals surface area contributed by atoms with E-state index >= 15 is 0 Å². The average molecular weight is 418 g/mol. The summed E-state index contributed by atoms with van der Waals surface area (Å²) in [6.07, 6.45) is 0. The van der Waals surface area contributed by atoms with Gasteiger partial charge < -0.3 is 18.3 Å². The van der Waals surface area contributed by atoms with Crippen LogP contribution in [0.2, 0.25) is 0 Å². The Morgan fingerprint density at radius 3 is 1.64 bits per heavy atom. The molecule has 0 saturated carbocycles. The van der Waals surface area contributed by atoms with Crippen molar-refractivity contribution in [2.45, 2.75) is 27.1 Å². The number of ether oxygens (including phenoxy) is 2. The molecule has 4 aromatic heterocycles. The van der Waals surface area contributed by atoms with E-state index in [1.807, 2.05) is 0 Å². The molecule has 28 heavy (non-hydrogen) atoms. The van der Waals surface area contributed by atoms with E-state index in [4.69, 9.17) is 18.3 Å². The molecule has 4 rings (SSSR count). The molecule has 8 nitrogen and oxygen atoms in total. The van der Waals surface area contributed by atoms with Crippen LogP contribution in [0.5, 0.6) is 0 Å². The lowest BCUT2D eigenvalue weighted by Crippen LogP contribution is -1.97. The summed E-state index contributed by atoms with van der Waals surface area (Å²) >= 11 is 2.80. The number of aromatic nitrogens is 2. The standard InChI is InChI=1S/C18H14N2O6S2/c1-9(21)23-7-11-3-5-13(25-11)15-19-17-18(27-15)20-16(28-17)14-6-4-12(26-14)8-24-10(2)22/h3-6H,7-8H2,1-2H3. The van der Waals surface area contributed by atoms with Gasteiger partial charge in [0.05, 0.1) is 0 Å². The van der Waals surface area contributed by atoms with E-state index in [2.05, 4.69) is 9.97 Å². The van der Waals surface area contributed by atoms with Crippen LogP contribution >= 0.6 is 22.7 Å². The van der Waals surface area contributed by atoms with Gasteiger partial charge in [0.15, 0.2) is 31.2 Å². The first-order valence-corrected chi connectivity index (χ1v) is 9.83. The number of esters is 2. The number of rotatable bonds is 6. The number of carbonyl (C=O) groups excluding carboxylic acids is 2. The van der Waals surface area contributed by atoms with Crippen molar-refractivity contribution >= 4 is 44.3 Å². The summed E-state index contributed by atoms with van der Waals surface area (Å²) in [5, 5.41) is 1.40. The normalized spacial score (nSPS) is 11.1. The van der Waals surface area contributed by atoms with Gasteiger partial charge in [-0.05, 0) is 24.3 Å². The van der Waals surface area contributed by atoms with Crippen molar-refractivity contribution in [1.82, 2.24) is 9.97 Å². The molecular formula is C18H14N2O6S2. The Bertz CT molecular complexity index is 1030. The smallest absolute Gasteiger partial charge is 0.303 e. The first kappa shape index (κ1) is 18.4. The predicted molar refractivity (Wildman–Crippen MR) is 102 cm³/mol. The summed E-state index contributed by atoms with van der Waals surface area (Å²) in [4.78, 5) is 32.4. The van der Waals surface area contributed by atoms with Gasteiger partial charge in [-0.25, -0.2) is 9.97 Å². The molecule has 0 atom stereocenters. The second kappa shape index (κ2) is 7.56. The van der Waals surface area contributed by atoms with Gasteiger partial charge in [0.1, 0.15) is 24.7 Å². The fraction of sp³-hybridized carbons (Fsp3) is 0.222. The zero-order chi connectivity index (χ0) is 19.7. The molecule has 0 aliphatic carbocycles. The highest BCUT2D eigenvalue weighted by molar-refractivity contribution is 7.29. The van der Waals surface area contributed by atoms with Crippen molar-refractivity contribution in [3.8, 4) is 21.5 Å². The fourth-order valence-electron chi connectivity index (χ4n) is 2.34. The molecule has 4 aromatic rings. The Kier molecular flexibility index (Phi) is 4.97. The second-order valence-electron chi connectivity index (χ2n) is 5.74. The number of hydrogen-bond acceptors (Lipinski definition) is 10. The molecule has 0 bridgehead atoms. The second-order valence-corrected chi connectivity index (χ2v) is 7.70. The number of hydrogen-bond donors (Lipinski definition) is 0. The quantitative estimate of drug-likeness (QED) is 0.424. The number of furan rings is 2. The van der Waals surface area contributed by atoms with Gasteiger partial charge in [-0.1, -0.05) is 22.7 Å². The molecule has 10 heteroatoms. The molecule has 0 fully saturated rings. The number of nitrogens with zero attached hydrogens (tertiary/aromatic N) is 2. The molecule has 0 unspecified atom stereocenters. The van der Waals surface area contributed by atoms with E-state index < -0.39 is 0 Å². The summed E-state index contributed by atoms with van der Waals surface area (Å²) in [6, 6.07) is 7.08. The van der Waals surface area contributed by atoms with Crippen LogP contribution in [0.4, 0.5) is 0 Å². The van der Waals surface area contributed by atoms with E-state index in [1.54, 1.807) is 24.3 Å². The van der Waals surface area contributed by atoms with Crippen molar-refractivity contribution in [2.24, 2.45) is 0 Å². The summed E-state index contributed by atoms with van der Waals surface area (Å²) in [7, 11) is 0. The third kappa shape index (κ3) is 3.97. The van der Waals surface area contributed by atoms with Gasteiger partial charge >= 0.3 is 11.9 Å². The van der Waals surface area contributed by atoms with E-state index in [0.717, 1.165) is 9.66 Å². The van der Waals surface area contributed by atoms with Gasteiger partial charge in [-0.3, -0.25) is 9.59 Å². The Labute approximate surface area is 166 Å². The summed E-state index contributed by atoms with van der Waals surface area (Å²) < 4.78 is 21.2. The van der Waals surface area contributed by atoms with Gasteiger partial charge in [0.2, 0.25) is 0 Å². The first-order valence-electron chi connectivity index (χ1n) is 8.20. The lowest BCUT2D eigenvalue weighted by Gasteiger charge is -1.97. The lowest BCUT2D eigenvalue weighted by atomic mass is 10.4. The highest BCUT2D eigenvalue weighted by atomic mass is 32.1. The maximum Gasteiger partial charge on any atom is 0.303 e. The summed E-state index contributed by atoms with van der Waals surface area (Å²) in [5.41, 5.74) is 0. The minimum absolute atomic E-state index is 0.0889. The third-order valence-corrected chi connectivity index (χ3v) is 5.61. The summed E-state index contributed by atoms with van der Waals surface area (Å²) in [5.74, 6) is 1.57. The molecule has 0 aliphatic heterocycles. The molecule has 4 heterocycles. The Morgan fingerprint density at radius 1 is 0.821 bits per heavy atom. The molecule has 0 aliphatic rings. The van der Waals surface area contributed by atoms with Gasteiger partial charge in [0, 0.05) is 13.8 Å². The summed E-state index contributed by atoms with van der Waals surface area (Å²) in [6.45, 7) is 2.87. The molecule has 0 amide bonds. The van der Waals surface area contributed by atoms with Crippen LogP contribution < -0.4 is 0 Å². The maximum absolute atomic E-state index is 10.9. The number of fused-ring (bicyclic) bond motifs is 1. The highest BCUT2D eigenvalue weighted by Gasteiger charge is 2.17. The van der Waals surface area contributed by atoms with Crippen molar-refractivity contribution in [1.29, 1.82) is 0 Å². The molecule has 0 aromatic carbocycles. The first-order chi connectivity index (χ1) is 13.5. The zero-order valence-corrected chi connectivity index (χ0v) is 16.5. The van der Waals surface area contributed by atoms with E-state index in [1.165, 1.54) is 36.5 Å². The Balaban J connectivity index is 1.51. The van der Waals surface area contributed by atoms with E-state index in [9.17, 15) is 9.59 Å². The topological polar surface area (TPSA) is 105 Å². The van der Waals surface area contributed by atoms with Crippen molar-refractivity contribution in [3.63, 3.8) is 0 Å². The SMILES string of the molecule is CC(=O)OCc1ccc(-c2nc3sc(-c4ccc(COC(C)=O)o4)nc3s2)o1. The monoisotopic (exact) mass is 418 g/mol. The molecule has 0 N–H and O–H groups in total. The minimum Gasteiger partial charge on any atom is -0.458 e. The van der Waals surface area contributed by atoms with Crippen LogP contribution in [0, 0.1) is 0 Å². The van der Waals surface area contributed by atoms with Crippen LogP contribution in [0.25, 0.3) is 31.2 Å². The van der Waals surface area contributed by atoms with Crippen LogP contribution in [-0.4, -0.2) is 21.9 Å². The van der Waals surface area contributed by atoms with Gasteiger partial charge in [0.25, 0.3) is 0 Å². The minimum atomic E-state index is -0.363. The van der Waals surface area contributed by atoms with Crippen molar-refractivity contribution in [2.75, 3.05) is 0 Å². The molecule has 0 radical (unpaired) electrons. The van der Waals surface area contributed by atoms with Crippen LogP contribution in [-0.2, 0) is 32.3 Å². The van der Waals surface area contributed by atoms with Gasteiger partial charge in [-0.15, -0.1) is 0 Å². The Hall–Kier alpha value is -2.98. The molecule has 0 saturated heterocycles. The van der Waals surface area contributed by atoms with Crippen LogP contribution in [0.15, 0.2) is 33.1 Å². The van der Waals surface area contributed by atoms with Crippen molar-refractivity contribution < 1.29 is 27.9 Å². The fourth-order valence-corrected chi connectivity index (χ4v) is 4.31. The van der Waals surface area contributed by atoms with Crippen molar-refractivity contribution in [3.05, 3.63) is 35.8 Å². The lowest BCUT2D eigenvalue weighted by molar-refractivity contribution is -0.143. The third-order valence-electron chi connectivity index (χ3n) is 3.56. The molecule has 0 spiro atoms. The average Bonchev–Trinajstić information content (AvgIpc) is 3.39. The zero-order valence-electron chi connectivity index (χ0n) is 14.9. The Morgan fingerprint density at radius 2 is 1.25 bits per heavy atom. The number of carbonyl (C=O) groups is 2. The predicted octanol–water partition coefficient (Wildman–Crippen LogP) is 4.40. The number of thiazole rings is 2. The van der Waals surface area contributed by atoms with Crippen LogP contribution in [0.1, 0.15) is 25.4 Å². The van der Waals surface area contributed by atoms with Gasteiger partial charge in [-0.2, -0.15) is 0 Å². The highest BCUT2D eigenvalue weighted by Crippen LogP contribution is 2.37. The van der Waals surface area contributed by atoms with Crippen LogP contribution in [0.3, 0.4) is 0 Å². The molecular weight excluding hydrogens is 404 g/mol. The largest absolute Gasteiger partial charge is 0.458 e. The van der Waals surface area contributed by atoms with E-state index in [0.29, 0.717) is 33.1 Å². The maximum atomic E-state index is 10.9.